The van der Waals surface area contributed by atoms with Gasteiger partial charge in [0.05, 0.1) is 11.6 Å². The van der Waals surface area contributed by atoms with Crippen LogP contribution in [0.5, 0.6) is 11.5 Å². The highest BCUT2D eigenvalue weighted by Gasteiger charge is 2.36. The molecule has 0 aromatic heterocycles. The zero-order valence-corrected chi connectivity index (χ0v) is 11.4. The molecule has 0 atom stereocenters. The Balaban J connectivity index is 2.18. The van der Waals surface area contributed by atoms with Gasteiger partial charge in [-0.3, -0.25) is 4.79 Å². The molecule has 106 valence electrons. The minimum absolute atomic E-state index is 0.0155. The number of hydrogen-bond donors (Lipinski definition) is 3. The zero-order chi connectivity index (χ0) is 14.8. The Morgan fingerprint density at radius 3 is 2.65 bits per heavy atom. The van der Waals surface area contributed by atoms with Crippen molar-refractivity contribution in [2.75, 3.05) is 0 Å². The van der Waals surface area contributed by atoms with Gasteiger partial charge in [-0.2, -0.15) is 5.26 Å². The Kier molecular flexibility index (Phi) is 3.84. The van der Waals surface area contributed by atoms with E-state index in [4.69, 9.17) is 0 Å². The maximum atomic E-state index is 12.2. The molecule has 0 bridgehead atoms. The SMILES string of the molecule is CC1CCC(C#N)(NC(=O)c2cc(O)ccc2O)CC1. The summed E-state index contributed by atoms with van der Waals surface area (Å²) in [4.78, 5) is 12.2. The lowest BCUT2D eigenvalue weighted by Crippen LogP contribution is -2.49. The molecule has 1 aliphatic carbocycles. The number of aromatic hydroxyl groups is 2. The van der Waals surface area contributed by atoms with Crippen molar-refractivity contribution >= 4 is 5.91 Å². The van der Waals surface area contributed by atoms with Crippen molar-refractivity contribution in [3.8, 4) is 17.6 Å². The Hall–Kier alpha value is -2.22. The molecule has 3 N–H and O–H groups in total. The average Bonchev–Trinajstić information content (AvgIpc) is 2.44. The first-order valence-electron chi connectivity index (χ1n) is 6.71. The molecular weight excluding hydrogens is 256 g/mol. The quantitative estimate of drug-likeness (QED) is 0.721. The number of phenolic OH excluding ortho intramolecular Hbond substituents is 2. The molecular formula is C15H18N2O3. The van der Waals surface area contributed by atoms with Gasteiger partial charge >= 0.3 is 0 Å². The third-order valence-electron chi connectivity index (χ3n) is 3.92. The lowest BCUT2D eigenvalue weighted by molar-refractivity contribution is 0.0890. The number of phenols is 2. The van der Waals surface area contributed by atoms with Gasteiger partial charge in [-0.15, -0.1) is 0 Å². The van der Waals surface area contributed by atoms with Gasteiger partial charge in [-0.05, 0) is 49.8 Å². The Bertz CT molecular complexity index is 555. The summed E-state index contributed by atoms with van der Waals surface area (Å²) in [5.41, 5.74) is -0.889. The second-order valence-corrected chi connectivity index (χ2v) is 5.53. The van der Waals surface area contributed by atoms with Gasteiger partial charge in [0.1, 0.15) is 17.0 Å². The first kappa shape index (κ1) is 14.2. The number of amides is 1. The predicted molar refractivity (Wildman–Crippen MR) is 73.2 cm³/mol. The van der Waals surface area contributed by atoms with Crippen molar-refractivity contribution in [1.29, 1.82) is 5.26 Å². The summed E-state index contributed by atoms with van der Waals surface area (Å²) in [5, 5.41) is 31.2. The molecule has 0 radical (unpaired) electrons. The van der Waals surface area contributed by atoms with E-state index in [1.165, 1.54) is 18.2 Å². The van der Waals surface area contributed by atoms with E-state index in [1.54, 1.807) is 0 Å². The summed E-state index contributed by atoms with van der Waals surface area (Å²) in [5.74, 6) is -0.286. The fourth-order valence-corrected chi connectivity index (χ4v) is 2.51. The normalized spacial score (nSPS) is 25.7. The van der Waals surface area contributed by atoms with E-state index < -0.39 is 11.4 Å². The number of carbonyl (C=O) groups excluding carboxylic acids is 1. The van der Waals surface area contributed by atoms with E-state index in [0.29, 0.717) is 18.8 Å². The first-order chi connectivity index (χ1) is 9.46. The van der Waals surface area contributed by atoms with E-state index in [2.05, 4.69) is 18.3 Å². The van der Waals surface area contributed by atoms with Gasteiger partial charge in [0.2, 0.25) is 0 Å². The van der Waals surface area contributed by atoms with Crippen LogP contribution in [0.1, 0.15) is 43.0 Å². The predicted octanol–water partition coefficient (Wildman–Crippen LogP) is 2.30. The molecule has 5 nitrogen and oxygen atoms in total. The van der Waals surface area contributed by atoms with Gasteiger partial charge < -0.3 is 15.5 Å². The van der Waals surface area contributed by atoms with Gasteiger partial charge in [-0.1, -0.05) is 6.92 Å². The van der Waals surface area contributed by atoms with Crippen molar-refractivity contribution in [3.63, 3.8) is 0 Å². The van der Waals surface area contributed by atoms with Gasteiger partial charge in [0.25, 0.3) is 5.91 Å². The summed E-state index contributed by atoms with van der Waals surface area (Å²) in [6.45, 7) is 2.13. The molecule has 1 aliphatic rings. The Morgan fingerprint density at radius 1 is 1.40 bits per heavy atom. The summed E-state index contributed by atoms with van der Waals surface area (Å²) in [7, 11) is 0. The minimum Gasteiger partial charge on any atom is -0.508 e. The van der Waals surface area contributed by atoms with Crippen molar-refractivity contribution in [2.24, 2.45) is 5.92 Å². The lowest BCUT2D eigenvalue weighted by Gasteiger charge is -2.34. The molecule has 1 saturated carbocycles. The van der Waals surface area contributed by atoms with Gasteiger partial charge in [-0.25, -0.2) is 0 Å². The number of rotatable bonds is 2. The van der Waals surface area contributed by atoms with E-state index >= 15 is 0 Å². The molecule has 2 rings (SSSR count). The standard InChI is InChI=1S/C15H18N2O3/c1-10-4-6-15(9-16,7-5-10)17-14(20)12-8-11(18)2-3-13(12)19/h2-3,8,10,18-19H,4-7H2,1H3,(H,17,20). The van der Waals surface area contributed by atoms with E-state index in [-0.39, 0.29) is 17.1 Å². The van der Waals surface area contributed by atoms with Crippen LogP contribution in [-0.4, -0.2) is 21.7 Å². The van der Waals surface area contributed by atoms with Crippen LogP contribution in [0, 0.1) is 17.2 Å². The smallest absolute Gasteiger partial charge is 0.256 e. The monoisotopic (exact) mass is 274 g/mol. The molecule has 1 fully saturated rings. The van der Waals surface area contributed by atoms with Crippen molar-refractivity contribution in [3.05, 3.63) is 23.8 Å². The van der Waals surface area contributed by atoms with Crippen LogP contribution in [0.4, 0.5) is 0 Å². The van der Waals surface area contributed by atoms with Crippen molar-refractivity contribution in [1.82, 2.24) is 5.32 Å². The number of carbonyl (C=O) groups is 1. The lowest BCUT2D eigenvalue weighted by atomic mass is 9.78. The average molecular weight is 274 g/mol. The number of nitriles is 1. The molecule has 0 aliphatic heterocycles. The summed E-state index contributed by atoms with van der Waals surface area (Å²) < 4.78 is 0. The largest absolute Gasteiger partial charge is 0.508 e. The van der Waals surface area contributed by atoms with Crippen LogP contribution in [0.2, 0.25) is 0 Å². The molecule has 1 amide bonds. The maximum Gasteiger partial charge on any atom is 0.256 e. The Labute approximate surface area is 117 Å². The maximum absolute atomic E-state index is 12.2. The van der Waals surface area contributed by atoms with Crippen molar-refractivity contribution in [2.45, 2.75) is 38.1 Å². The van der Waals surface area contributed by atoms with E-state index in [9.17, 15) is 20.3 Å². The van der Waals surface area contributed by atoms with Crippen LogP contribution in [0.15, 0.2) is 18.2 Å². The Morgan fingerprint density at radius 2 is 2.05 bits per heavy atom. The summed E-state index contributed by atoms with van der Waals surface area (Å²) >= 11 is 0. The molecule has 0 saturated heterocycles. The van der Waals surface area contributed by atoms with Crippen LogP contribution >= 0.6 is 0 Å². The van der Waals surface area contributed by atoms with E-state index in [1.807, 2.05) is 0 Å². The fourth-order valence-electron chi connectivity index (χ4n) is 2.51. The molecule has 1 aromatic rings. The number of nitrogens with one attached hydrogen (secondary N) is 1. The molecule has 1 aromatic carbocycles. The highest BCUT2D eigenvalue weighted by molar-refractivity contribution is 5.97. The number of nitrogens with zero attached hydrogens (tertiary/aromatic N) is 1. The summed E-state index contributed by atoms with van der Waals surface area (Å²) in [6, 6.07) is 5.95. The van der Waals surface area contributed by atoms with Crippen molar-refractivity contribution < 1.29 is 15.0 Å². The highest BCUT2D eigenvalue weighted by atomic mass is 16.3. The molecule has 0 heterocycles. The first-order valence-corrected chi connectivity index (χ1v) is 6.71. The molecule has 0 unspecified atom stereocenters. The van der Waals surface area contributed by atoms with Gasteiger partial charge in [0, 0.05) is 0 Å². The summed E-state index contributed by atoms with van der Waals surface area (Å²) in [6.07, 6.45) is 2.99. The van der Waals surface area contributed by atoms with Crippen LogP contribution in [0.25, 0.3) is 0 Å². The highest BCUT2D eigenvalue weighted by Crippen LogP contribution is 2.32. The number of benzene rings is 1. The third kappa shape index (κ3) is 2.85. The van der Waals surface area contributed by atoms with Crippen LogP contribution in [0.3, 0.4) is 0 Å². The molecule has 5 heteroatoms. The van der Waals surface area contributed by atoms with Crippen LogP contribution < -0.4 is 5.32 Å². The van der Waals surface area contributed by atoms with E-state index in [0.717, 1.165) is 12.8 Å². The minimum atomic E-state index is -0.874. The second kappa shape index (κ2) is 5.41. The zero-order valence-electron chi connectivity index (χ0n) is 11.4. The topological polar surface area (TPSA) is 93.4 Å². The second-order valence-electron chi connectivity index (χ2n) is 5.53. The van der Waals surface area contributed by atoms with Crippen LogP contribution in [-0.2, 0) is 0 Å². The molecule has 20 heavy (non-hydrogen) atoms. The van der Waals surface area contributed by atoms with Gasteiger partial charge in [0.15, 0.2) is 0 Å². The third-order valence-corrected chi connectivity index (χ3v) is 3.92. The number of hydrogen-bond acceptors (Lipinski definition) is 4. The fraction of sp³-hybridized carbons (Fsp3) is 0.467. The molecule has 0 spiro atoms.